The van der Waals surface area contributed by atoms with Gasteiger partial charge in [-0.3, -0.25) is 4.90 Å². The first-order chi connectivity index (χ1) is 9.47. The summed E-state index contributed by atoms with van der Waals surface area (Å²) in [5.41, 5.74) is 6.99. The molecular formula is C17H35N3. The zero-order valence-corrected chi connectivity index (χ0v) is 14.0. The summed E-state index contributed by atoms with van der Waals surface area (Å²) in [7, 11) is 2.31. The summed E-state index contributed by atoms with van der Waals surface area (Å²) in [6.45, 7) is 10.7. The van der Waals surface area contributed by atoms with Crippen LogP contribution in [0.15, 0.2) is 0 Å². The summed E-state index contributed by atoms with van der Waals surface area (Å²) >= 11 is 0. The third kappa shape index (κ3) is 3.96. The molecule has 3 nitrogen and oxygen atoms in total. The standard InChI is InChI=1S/C17H35N3/c1-16(2)7-6-8-17(15-18,10-9-16)19(3)13-14-20-11-4-5-12-20/h4-15,18H2,1-3H3. The van der Waals surface area contributed by atoms with Crippen molar-refractivity contribution in [3.05, 3.63) is 0 Å². The van der Waals surface area contributed by atoms with E-state index >= 15 is 0 Å². The van der Waals surface area contributed by atoms with E-state index in [1.807, 2.05) is 0 Å². The summed E-state index contributed by atoms with van der Waals surface area (Å²) in [5.74, 6) is 0. The normalized spacial score (nSPS) is 31.6. The van der Waals surface area contributed by atoms with E-state index in [2.05, 4.69) is 30.7 Å². The lowest BCUT2D eigenvalue weighted by molar-refractivity contribution is 0.0927. The molecule has 2 fully saturated rings. The van der Waals surface area contributed by atoms with E-state index in [9.17, 15) is 0 Å². The molecule has 0 aromatic rings. The van der Waals surface area contributed by atoms with Gasteiger partial charge in [0.2, 0.25) is 0 Å². The fraction of sp³-hybridized carbons (Fsp3) is 1.00. The molecule has 2 N–H and O–H groups in total. The zero-order chi connectivity index (χ0) is 14.6. The van der Waals surface area contributed by atoms with Crippen LogP contribution in [0.4, 0.5) is 0 Å². The van der Waals surface area contributed by atoms with E-state index in [4.69, 9.17) is 5.73 Å². The van der Waals surface area contributed by atoms with Crippen LogP contribution >= 0.6 is 0 Å². The van der Waals surface area contributed by atoms with Gasteiger partial charge in [0.05, 0.1) is 0 Å². The number of likely N-dealkylation sites (tertiary alicyclic amines) is 1. The lowest BCUT2D eigenvalue weighted by Crippen LogP contribution is -2.53. The molecule has 2 aliphatic rings. The number of hydrogen-bond donors (Lipinski definition) is 1. The molecule has 0 spiro atoms. The SMILES string of the molecule is CN(CCN1CCCC1)C1(CN)CCCC(C)(C)CC1. The third-order valence-electron chi connectivity index (χ3n) is 5.90. The Hall–Kier alpha value is -0.120. The van der Waals surface area contributed by atoms with E-state index in [1.54, 1.807) is 0 Å². The Labute approximate surface area is 125 Å². The number of nitrogens with two attached hydrogens (primary N) is 1. The van der Waals surface area contributed by atoms with Crippen LogP contribution in [-0.4, -0.2) is 55.1 Å². The molecule has 0 aromatic carbocycles. The Morgan fingerprint density at radius 3 is 2.35 bits per heavy atom. The maximum atomic E-state index is 6.23. The van der Waals surface area contributed by atoms with Crippen molar-refractivity contribution in [2.45, 2.75) is 64.3 Å². The Morgan fingerprint density at radius 2 is 1.70 bits per heavy atom. The van der Waals surface area contributed by atoms with E-state index in [-0.39, 0.29) is 5.54 Å². The molecular weight excluding hydrogens is 246 g/mol. The van der Waals surface area contributed by atoms with Crippen molar-refractivity contribution >= 4 is 0 Å². The van der Waals surface area contributed by atoms with Gasteiger partial charge in [0, 0.05) is 25.2 Å². The number of rotatable bonds is 5. The Morgan fingerprint density at radius 1 is 1.00 bits per heavy atom. The van der Waals surface area contributed by atoms with Crippen molar-refractivity contribution in [2.75, 3.05) is 39.8 Å². The summed E-state index contributed by atoms with van der Waals surface area (Å²) in [6.07, 6.45) is 9.33. The van der Waals surface area contributed by atoms with Gasteiger partial charge in [-0.15, -0.1) is 0 Å². The topological polar surface area (TPSA) is 32.5 Å². The lowest BCUT2D eigenvalue weighted by atomic mass is 9.83. The Balaban J connectivity index is 1.90. The molecule has 3 heteroatoms. The molecule has 0 amide bonds. The Bertz CT molecular complexity index is 297. The molecule has 1 saturated carbocycles. The lowest BCUT2D eigenvalue weighted by Gasteiger charge is -2.42. The molecule has 1 atom stereocenters. The second-order valence-electron chi connectivity index (χ2n) is 7.92. The van der Waals surface area contributed by atoms with Gasteiger partial charge < -0.3 is 10.6 Å². The van der Waals surface area contributed by atoms with Crippen LogP contribution in [0.3, 0.4) is 0 Å². The summed E-state index contributed by atoms with van der Waals surface area (Å²) in [6, 6.07) is 0. The van der Waals surface area contributed by atoms with E-state index in [1.165, 1.54) is 71.1 Å². The smallest absolute Gasteiger partial charge is 0.0329 e. The van der Waals surface area contributed by atoms with Crippen molar-refractivity contribution in [3.8, 4) is 0 Å². The van der Waals surface area contributed by atoms with Crippen LogP contribution in [0.1, 0.15) is 58.8 Å². The molecule has 0 aromatic heterocycles. The van der Waals surface area contributed by atoms with Gasteiger partial charge in [-0.05, 0) is 64.1 Å². The zero-order valence-electron chi connectivity index (χ0n) is 14.0. The predicted octanol–water partition coefficient (Wildman–Crippen LogP) is 2.70. The molecule has 1 aliphatic heterocycles. The van der Waals surface area contributed by atoms with Crippen LogP contribution in [0.5, 0.6) is 0 Å². The average molecular weight is 281 g/mol. The van der Waals surface area contributed by atoms with E-state index in [0.29, 0.717) is 5.41 Å². The van der Waals surface area contributed by atoms with E-state index in [0.717, 1.165) is 6.54 Å². The van der Waals surface area contributed by atoms with Crippen molar-refractivity contribution < 1.29 is 0 Å². The molecule has 1 unspecified atom stereocenters. The minimum atomic E-state index is 0.257. The van der Waals surface area contributed by atoms with Gasteiger partial charge in [-0.1, -0.05) is 20.3 Å². The van der Waals surface area contributed by atoms with Gasteiger partial charge in [0.15, 0.2) is 0 Å². The molecule has 0 radical (unpaired) electrons. The number of hydrogen-bond acceptors (Lipinski definition) is 3. The van der Waals surface area contributed by atoms with Gasteiger partial charge in [-0.25, -0.2) is 0 Å². The highest BCUT2D eigenvalue weighted by Gasteiger charge is 2.37. The second kappa shape index (κ2) is 6.76. The van der Waals surface area contributed by atoms with Crippen molar-refractivity contribution in [1.82, 2.24) is 9.80 Å². The average Bonchev–Trinajstić information content (AvgIpc) is 2.87. The minimum Gasteiger partial charge on any atom is -0.329 e. The first-order valence-electron chi connectivity index (χ1n) is 8.61. The van der Waals surface area contributed by atoms with Crippen molar-refractivity contribution in [3.63, 3.8) is 0 Å². The van der Waals surface area contributed by atoms with E-state index < -0.39 is 0 Å². The molecule has 20 heavy (non-hydrogen) atoms. The Kier molecular flexibility index (Phi) is 5.49. The molecule has 1 aliphatic carbocycles. The summed E-state index contributed by atoms with van der Waals surface area (Å²) in [4.78, 5) is 5.20. The van der Waals surface area contributed by atoms with Gasteiger partial charge >= 0.3 is 0 Å². The summed E-state index contributed by atoms with van der Waals surface area (Å²) in [5, 5.41) is 0. The monoisotopic (exact) mass is 281 g/mol. The second-order valence-corrected chi connectivity index (χ2v) is 7.92. The maximum absolute atomic E-state index is 6.23. The highest BCUT2D eigenvalue weighted by molar-refractivity contribution is 4.95. The number of likely N-dealkylation sites (N-methyl/N-ethyl adjacent to an activating group) is 1. The largest absolute Gasteiger partial charge is 0.329 e. The molecule has 2 rings (SSSR count). The maximum Gasteiger partial charge on any atom is 0.0329 e. The fourth-order valence-corrected chi connectivity index (χ4v) is 3.99. The van der Waals surface area contributed by atoms with Crippen LogP contribution in [0.25, 0.3) is 0 Å². The first kappa shape index (κ1) is 16.3. The first-order valence-corrected chi connectivity index (χ1v) is 8.61. The molecule has 0 bridgehead atoms. The summed E-state index contributed by atoms with van der Waals surface area (Å²) < 4.78 is 0. The molecule has 118 valence electrons. The van der Waals surface area contributed by atoms with Crippen LogP contribution < -0.4 is 5.73 Å². The predicted molar refractivity (Wildman–Crippen MR) is 87.0 cm³/mol. The number of nitrogens with zero attached hydrogens (tertiary/aromatic N) is 2. The third-order valence-corrected chi connectivity index (χ3v) is 5.90. The van der Waals surface area contributed by atoms with Gasteiger partial charge in [-0.2, -0.15) is 0 Å². The fourth-order valence-electron chi connectivity index (χ4n) is 3.99. The molecule has 1 heterocycles. The van der Waals surface area contributed by atoms with Crippen molar-refractivity contribution in [1.29, 1.82) is 0 Å². The minimum absolute atomic E-state index is 0.257. The van der Waals surface area contributed by atoms with Gasteiger partial charge in [0.1, 0.15) is 0 Å². The van der Waals surface area contributed by atoms with Crippen LogP contribution in [-0.2, 0) is 0 Å². The van der Waals surface area contributed by atoms with Gasteiger partial charge in [0.25, 0.3) is 0 Å². The highest BCUT2D eigenvalue weighted by atomic mass is 15.2. The quantitative estimate of drug-likeness (QED) is 0.787. The molecule has 1 saturated heterocycles. The van der Waals surface area contributed by atoms with Crippen LogP contribution in [0, 0.1) is 5.41 Å². The highest BCUT2D eigenvalue weighted by Crippen LogP contribution is 2.39. The van der Waals surface area contributed by atoms with Crippen molar-refractivity contribution in [2.24, 2.45) is 11.1 Å². The van der Waals surface area contributed by atoms with Crippen LogP contribution in [0.2, 0.25) is 0 Å².